The monoisotopic (exact) mass is 170 g/mol. The molecule has 1 rings (SSSR count). The van der Waals surface area contributed by atoms with Gasteiger partial charge in [-0.2, -0.15) is 0 Å². The average molecular weight is 170 g/mol. The molecule has 0 fully saturated rings. The van der Waals surface area contributed by atoms with Crippen LogP contribution in [0.3, 0.4) is 0 Å². The van der Waals surface area contributed by atoms with E-state index in [-0.39, 0.29) is 0 Å². The Morgan fingerprint density at radius 1 is 1.25 bits per heavy atom. The molecular weight excluding hydrogens is 160 g/mol. The molecule has 12 heavy (non-hydrogen) atoms. The molecule has 0 heterocycles. The Kier molecular flexibility index (Phi) is 4.40. The lowest BCUT2D eigenvalue weighted by molar-refractivity contribution is -0.402. The molecule has 0 unspecified atom stereocenters. The van der Waals surface area contributed by atoms with Crippen molar-refractivity contribution in [2.75, 3.05) is 0 Å². The largest absolute Gasteiger partial charge is 0.356 e. The van der Waals surface area contributed by atoms with Gasteiger partial charge in [-0.15, -0.1) is 0 Å². The summed E-state index contributed by atoms with van der Waals surface area (Å²) in [6, 6.07) is 8.13. The van der Waals surface area contributed by atoms with Crippen LogP contribution in [0.25, 0.3) is 0 Å². The van der Waals surface area contributed by atoms with E-state index in [4.69, 9.17) is 15.3 Å². The fourth-order valence-electron chi connectivity index (χ4n) is 0.588. The van der Waals surface area contributed by atoms with Gasteiger partial charge in [0, 0.05) is 0 Å². The quantitative estimate of drug-likeness (QED) is 0.457. The molecule has 1 aromatic carbocycles. The van der Waals surface area contributed by atoms with Crippen LogP contribution >= 0.6 is 0 Å². The standard InChI is InChI=1S/C7H9N.NO3/c1-6-2-4-7(8)5-3-6;2-1(3)4/h2-5H,8H2,1H3;/q;-1/p+1. The molecule has 66 valence electrons. The highest BCUT2D eigenvalue weighted by molar-refractivity contribution is 5.30. The van der Waals surface area contributed by atoms with E-state index in [0.717, 1.165) is 5.69 Å². The van der Waals surface area contributed by atoms with Crippen LogP contribution in [0.5, 0.6) is 0 Å². The van der Waals surface area contributed by atoms with Crippen LogP contribution in [0.15, 0.2) is 24.3 Å². The fraction of sp³-hybridized carbons (Fsp3) is 0.143. The highest BCUT2D eigenvalue weighted by Gasteiger charge is 1.83. The molecule has 5 heteroatoms. The van der Waals surface area contributed by atoms with E-state index in [1.165, 1.54) is 5.56 Å². The van der Waals surface area contributed by atoms with Crippen molar-refractivity contribution in [3.8, 4) is 0 Å². The molecule has 0 aromatic heterocycles. The molecular formula is C7H10N2O3. The topological polar surface area (TPSA) is 93.8 Å². The zero-order valence-electron chi connectivity index (χ0n) is 6.69. The average Bonchev–Trinajstić information content (AvgIpc) is 1.94. The molecule has 0 spiro atoms. The summed E-state index contributed by atoms with van der Waals surface area (Å²) in [6.07, 6.45) is 0. The van der Waals surface area contributed by atoms with Crippen LogP contribution in [-0.2, 0) is 0 Å². The molecule has 0 amide bonds. The first kappa shape index (κ1) is 10.4. The third-order valence-electron chi connectivity index (χ3n) is 1.12. The first-order chi connectivity index (χ1) is 5.52. The predicted octanol–water partition coefficient (Wildman–Crippen LogP) is 0.629. The maximum atomic E-state index is 8.25. The van der Waals surface area contributed by atoms with Gasteiger partial charge in [-0.3, -0.25) is 0 Å². The number of benzene rings is 1. The maximum Gasteiger partial charge on any atom is 0.127 e. The minimum atomic E-state index is -1.75. The van der Waals surface area contributed by atoms with Gasteiger partial charge in [0.05, 0.1) is 5.09 Å². The van der Waals surface area contributed by atoms with E-state index < -0.39 is 5.09 Å². The van der Waals surface area contributed by atoms with Crippen LogP contribution in [0, 0.1) is 22.2 Å². The zero-order valence-corrected chi connectivity index (χ0v) is 6.69. The summed E-state index contributed by atoms with van der Waals surface area (Å²) in [4.78, 5) is 8.25. The lowest BCUT2D eigenvalue weighted by Gasteiger charge is -1.87. The second kappa shape index (κ2) is 5.09. The lowest BCUT2D eigenvalue weighted by Crippen LogP contribution is -2.39. The lowest BCUT2D eigenvalue weighted by atomic mass is 10.2. The molecule has 0 bridgehead atoms. The fourth-order valence-corrected chi connectivity index (χ4v) is 0.588. The third kappa shape index (κ3) is 6.50. The molecule has 0 saturated heterocycles. The van der Waals surface area contributed by atoms with Gasteiger partial charge in [-0.25, -0.2) is 0 Å². The third-order valence-corrected chi connectivity index (χ3v) is 1.12. The molecule has 0 aliphatic carbocycles. The number of nitrogens with zero attached hydrogens (tertiary/aromatic N) is 1. The Hall–Kier alpha value is -1.62. The van der Waals surface area contributed by atoms with Crippen molar-refractivity contribution in [1.29, 1.82) is 0 Å². The van der Waals surface area contributed by atoms with Gasteiger partial charge in [-0.1, -0.05) is 17.7 Å². The number of aryl methyl sites for hydroxylation is 1. The summed E-state index contributed by atoms with van der Waals surface area (Å²) in [7, 11) is 0. The van der Waals surface area contributed by atoms with Crippen LogP contribution < -0.4 is 5.73 Å². The summed E-state index contributed by atoms with van der Waals surface area (Å²) >= 11 is 0. The molecule has 0 radical (unpaired) electrons. The van der Waals surface area contributed by atoms with Gasteiger partial charge in [0.15, 0.2) is 0 Å². The van der Waals surface area contributed by atoms with Gasteiger partial charge in [0.2, 0.25) is 0 Å². The normalized spacial score (nSPS) is 8.17. The second-order valence-corrected chi connectivity index (χ2v) is 2.21. The SMILES string of the molecule is Cc1ccc([NH3+])cc1.O=[N+]([O-])[O-]. The summed E-state index contributed by atoms with van der Waals surface area (Å²) < 4.78 is 0. The van der Waals surface area contributed by atoms with Gasteiger partial charge in [0.1, 0.15) is 5.69 Å². The van der Waals surface area contributed by atoms with Crippen molar-refractivity contribution < 1.29 is 10.8 Å². The minimum absolute atomic E-state index is 1.08. The van der Waals surface area contributed by atoms with Crippen molar-refractivity contribution >= 4 is 5.69 Å². The van der Waals surface area contributed by atoms with E-state index in [1.54, 1.807) is 0 Å². The number of hydrogen-bond acceptors (Lipinski definition) is 3. The minimum Gasteiger partial charge on any atom is -0.356 e. The first-order valence-electron chi connectivity index (χ1n) is 3.22. The smallest absolute Gasteiger partial charge is 0.127 e. The Balaban J connectivity index is 0.000000261. The number of quaternary nitrogens is 1. The molecule has 3 N–H and O–H groups in total. The van der Waals surface area contributed by atoms with Gasteiger partial charge in [0.25, 0.3) is 0 Å². The van der Waals surface area contributed by atoms with Crippen molar-refractivity contribution in [2.24, 2.45) is 0 Å². The predicted molar refractivity (Wildman–Crippen MR) is 44.1 cm³/mol. The van der Waals surface area contributed by atoms with Crippen LogP contribution in [-0.4, -0.2) is 5.09 Å². The van der Waals surface area contributed by atoms with E-state index in [1.807, 2.05) is 12.1 Å². The van der Waals surface area contributed by atoms with Gasteiger partial charge < -0.3 is 21.1 Å². The Morgan fingerprint density at radius 3 is 1.83 bits per heavy atom. The summed E-state index contributed by atoms with van der Waals surface area (Å²) in [5.41, 5.74) is 6.13. The van der Waals surface area contributed by atoms with Crippen molar-refractivity contribution in [2.45, 2.75) is 6.92 Å². The summed E-state index contributed by atoms with van der Waals surface area (Å²) in [6.45, 7) is 2.07. The molecule has 0 aliphatic rings. The van der Waals surface area contributed by atoms with E-state index >= 15 is 0 Å². The van der Waals surface area contributed by atoms with E-state index in [9.17, 15) is 0 Å². The molecule has 0 atom stereocenters. The van der Waals surface area contributed by atoms with E-state index in [2.05, 4.69) is 24.8 Å². The highest BCUT2D eigenvalue weighted by Crippen LogP contribution is 2.00. The maximum absolute atomic E-state index is 8.25. The Bertz CT molecular complexity index is 220. The van der Waals surface area contributed by atoms with Gasteiger partial charge in [-0.05, 0) is 19.1 Å². The zero-order chi connectivity index (χ0) is 9.56. The second-order valence-electron chi connectivity index (χ2n) is 2.21. The van der Waals surface area contributed by atoms with Crippen LogP contribution in [0.1, 0.15) is 5.56 Å². The van der Waals surface area contributed by atoms with E-state index in [0.29, 0.717) is 0 Å². The van der Waals surface area contributed by atoms with Gasteiger partial charge >= 0.3 is 0 Å². The molecule has 0 aliphatic heterocycles. The first-order valence-corrected chi connectivity index (χ1v) is 3.22. The number of rotatable bonds is 0. The molecule has 0 saturated carbocycles. The summed E-state index contributed by atoms with van der Waals surface area (Å²) in [5.74, 6) is 0. The highest BCUT2D eigenvalue weighted by atomic mass is 16.9. The Morgan fingerprint density at radius 2 is 1.58 bits per heavy atom. The molecule has 1 aromatic rings. The van der Waals surface area contributed by atoms with Crippen molar-refractivity contribution in [3.63, 3.8) is 0 Å². The van der Waals surface area contributed by atoms with Crippen LogP contribution in [0.4, 0.5) is 5.69 Å². The summed E-state index contributed by atoms with van der Waals surface area (Å²) in [5, 5.41) is 14.8. The van der Waals surface area contributed by atoms with Crippen LogP contribution in [0.2, 0.25) is 0 Å². The number of hydrogen-bond donors (Lipinski definition) is 1. The van der Waals surface area contributed by atoms with Crippen molar-refractivity contribution in [3.05, 3.63) is 45.2 Å². The molecule has 5 nitrogen and oxygen atoms in total. The Labute approximate surface area is 69.5 Å². The van der Waals surface area contributed by atoms with Crippen molar-refractivity contribution in [1.82, 2.24) is 0 Å².